The van der Waals surface area contributed by atoms with E-state index in [4.69, 9.17) is 16.3 Å². The van der Waals surface area contributed by atoms with E-state index in [1.54, 1.807) is 32.5 Å². The summed E-state index contributed by atoms with van der Waals surface area (Å²) in [6.45, 7) is 1.25. The molecule has 1 amide bonds. The number of nitrogens with one attached hydrogen (secondary N) is 2. The van der Waals surface area contributed by atoms with E-state index in [-0.39, 0.29) is 36.4 Å². The van der Waals surface area contributed by atoms with Crippen LogP contribution in [-0.2, 0) is 17.9 Å². The van der Waals surface area contributed by atoms with Crippen LogP contribution in [0.2, 0.25) is 5.02 Å². The maximum atomic E-state index is 11.8. The Kier molecular flexibility index (Phi) is 10.5. The number of methoxy groups -OCH3 is 1. The molecule has 0 saturated heterocycles. The minimum absolute atomic E-state index is 0. The Labute approximate surface area is 186 Å². The molecule has 148 valence electrons. The van der Waals surface area contributed by atoms with Gasteiger partial charge in [0.05, 0.1) is 31.8 Å². The number of benzene rings is 1. The van der Waals surface area contributed by atoms with Crippen molar-refractivity contribution in [3.8, 4) is 5.75 Å². The second kappa shape index (κ2) is 12.0. The van der Waals surface area contributed by atoms with Gasteiger partial charge in [-0.2, -0.15) is 0 Å². The number of rotatable bonds is 7. The van der Waals surface area contributed by atoms with Crippen LogP contribution in [0.15, 0.2) is 40.7 Å². The number of carbonyl (C=O) groups is 1. The van der Waals surface area contributed by atoms with Crippen LogP contribution in [0, 0.1) is 0 Å². The topological polar surface area (TPSA) is 66.0 Å². The molecule has 0 atom stereocenters. The quantitative estimate of drug-likeness (QED) is 0.333. The van der Waals surface area contributed by atoms with Crippen molar-refractivity contribution >= 4 is 58.8 Å². The highest BCUT2D eigenvalue weighted by Crippen LogP contribution is 2.25. The summed E-state index contributed by atoms with van der Waals surface area (Å²) in [6, 6.07) is 9.60. The summed E-state index contributed by atoms with van der Waals surface area (Å²) in [7, 11) is 5.02. The number of likely N-dealkylation sites (N-methyl/N-ethyl adjacent to an activating group) is 1. The van der Waals surface area contributed by atoms with Crippen LogP contribution in [0.5, 0.6) is 5.75 Å². The van der Waals surface area contributed by atoms with Gasteiger partial charge in [0.15, 0.2) is 5.96 Å². The third kappa shape index (κ3) is 7.94. The first-order valence-electron chi connectivity index (χ1n) is 8.06. The zero-order valence-corrected chi connectivity index (χ0v) is 19.4. The number of thiophene rings is 1. The standard InChI is InChI=1S/C18H23ClN4O2S.HI/c1-23(2)17(24)12-22-18(21-11-14-5-4-8-26-14)20-10-13-6-7-16(25-3)15(19)9-13;/h4-9H,10-12H2,1-3H3,(H2,20,21,22);1H. The number of ether oxygens (including phenoxy) is 1. The van der Waals surface area contributed by atoms with Gasteiger partial charge in [0, 0.05) is 19.0 Å². The average Bonchev–Trinajstić information content (AvgIpc) is 3.14. The summed E-state index contributed by atoms with van der Waals surface area (Å²) in [6.07, 6.45) is 0. The predicted octanol–water partition coefficient (Wildman–Crippen LogP) is 3.35. The Bertz CT molecular complexity index is 754. The van der Waals surface area contributed by atoms with Crippen LogP contribution < -0.4 is 15.4 Å². The molecule has 0 fully saturated rings. The van der Waals surface area contributed by atoms with Gasteiger partial charge in [0.2, 0.25) is 5.91 Å². The number of carbonyl (C=O) groups excluding carboxylic acids is 1. The molecule has 1 aromatic heterocycles. The molecule has 0 aliphatic heterocycles. The minimum Gasteiger partial charge on any atom is -0.495 e. The second-order valence-electron chi connectivity index (χ2n) is 5.71. The first-order chi connectivity index (χ1) is 12.5. The predicted molar refractivity (Wildman–Crippen MR) is 122 cm³/mol. The minimum atomic E-state index is -0.0249. The zero-order valence-electron chi connectivity index (χ0n) is 15.5. The van der Waals surface area contributed by atoms with Crippen LogP contribution in [0.1, 0.15) is 10.4 Å². The largest absolute Gasteiger partial charge is 0.495 e. The molecule has 27 heavy (non-hydrogen) atoms. The summed E-state index contributed by atoms with van der Waals surface area (Å²) in [5.41, 5.74) is 0.951. The van der Waals surface area contributed by atoms with E-state index in [9.17, 15) is 4.79 Å². The molecule has 0 saturated carbocycles. The molecule has 2 N–H and O–H groups in total. The Morgan fingerprint density at radius 1 is 1.30 bits per heavy atom. The molecule has 0 radical (unpaired) electrons. The van der Waals surface area contributed by atoms with Crippen molar-refractivity contribution in [2.75, 3.05) is 27.7 Å². The van der Waals surface area contributed by atoms with Gasteiger partial charge < -0.3 is 20.3 Å². The van der Waals surface area contributed by atoms with Crippen LogP contribution in [-0.4, -0.2) is 44.5 Å². The molecule has 2 rings (SSSR count). The van der Waals surface area contributed by atoms with E-state index in [1.807, 2.05) is 35.7 Å². The lowest BCUT2D eigenvalue weighted by molar-refractivity contribution is -0.127. The molecule has 1 heterocycles. The molecule has 0 aliphatic carbocycles. The third-order valence-electron chi connectivity index (χ3n) is 3.55. The molecule has 0 bridgehead atoms. The molecule has 6 nitrogen and oxygen atoms in total. The highest BCUT2D eigenvalue weighted by molar-refractivity contribution is 14.0. The summed E-state index contributed by atoms with van der Waals surface area (Å²) < 4.78 is 5.16. The van der Waals surface area contributed by atoms with Crippen molar-refractivity contribution in [1.82, 2.24) is 15.5 Å². The third-order valence-corrected chi connectivity index (χ3v) is 4.72. The molecule has 0 aliphatic rings. The summed E-state index contributed by atoms with van der Waals surface area (Å²) in [5.74, 6) is 1.17. The van der Waals surface area contributed by atoms with E-state index < -0.39 is 0 Å². The van der Waals surface area contributed by atoms with E-state index in [0.29, 0.717) is 29.8 Å². The summed E-state index contributed by atoms with van der Waals surface area (Å²) in [4.78, 5) is 19.1. The molecule has 1 aromatic carbocycles. The van der Waals surface area contributed by atoms with E-state index in [1.165, 1.54) is 9.78 Å². The van der Waals surface area contributed by atoms with Crippen LogP contribution in [0.25, 0.3) is 0 Å². The number of aliphatic imine (C=N–C) groups is 1. The molecular weight excluding hydrogens is 499 g/mol. The normalized spacial score (nSPS) is 10.7. The fraction of sp³-hybridized carbons (Fsp3) is 0.333. The van der Waals surface area contributed by atoms with Crippen molar-refractivity contribution in [1.29, 1.82) is 0 Å². The van der Waals surface area contributed by atoms with Crippen molar-refractivity contribution in [3.63, 3.8) is 0 Å². The first kappa shape index (κ1) is 23.5. The highest BCUT2D eigenvalue weighted by Gasteiger charge is 2.07. The SMILES string of the molecule is COc1ccc(CN=C(NCC(=O)N(C)C)NCc2cccs2)cc1Cl.I. The average molecular weight is 523 g/mol. The maximum Gasteiger partial charge on any atom is 0.241 e. The lowest BCUT2D eigenvalue weighted by Gasteiger charge is -2.15. The lowest BCUT2D eigenvalue weighted by Crippen LogP contribution is -2.42. The second-order valence-corrected chi connectivity index (χ2v) is 7.15. The zero-order chi connectivity index (χ0) is 18.9. The van der Waals surface area contributed by atoms with Gasteiger partial charge in [-0.3, -0.25) is 4.79 Å². The van der Waals surface area contributed by atoms with E-state index in [0.717, 1.165) is 5.56 Å². The molecule has 0 unspecified atom stereocenters. The summed E-state index contributed by atoms with van der Waals surface area (Å²) in [5, 5.41) is 8.88. The number of nitrogens with zero attached hydrogens (tertiary/aromatic N) is 2. The van der Waals surface area contributed by atoms with Gasteiger partial charge in [-0.15, -0.1) is 35.3 Å². The van der Waals surface area contributed by atoms with Gasteiger partial charge in [-0.1, -0.05) is 23.7 Å². The number of halogens is 2. The smallest absolute Gasteiger partial charge is 0.241 e. The Morgan fingerprint density at radius 2 is 2.07 bits per heavy atom. The molecule has 2 aromatic rings. The van der Waals surface area contributed by atoms with Crippen LogP contribution >= 0.6 is 46.9 Å². The van der Waals surface area contributed by atoms with Crippen LogP contribution in [0.4, 0.5) is 0 Å². The van der Waals surface area contributed by atoms with Gasteiger partial charge >= 0.3 is 0 Å². The van der Waals surface area contributed by atoms with Crippen molar-refractivity contribution in [2.24, 2.45) is 4.99 Å². The lowest BCUT2D eigenvalue weighted by atomic mass is 10.2. The molecular formula is C18H24ClIN4O2S. The molecule has 0 spiro atoms. The Morgan fingerprint density at radius 3 is 2.67 bits per heavy atom. The number of hydrogen-bond acceptors (Lipinski definition) is 4. The number of hydrogen-bond donors (Lipinski definition) is 2. The van der Waals surface area contributed by atoms with Crippen molar-refractivity contribution in [2.45, 2.75) is 13.1 Å². The number of guanidine groups is 1. The van der Waals surface area contributed by atoms with Gasteiger partial charge in [-0.05, 0) is 29.1 Å². The van der Waals surface area contributed by atoms with Gasteiger partial charge in [0.25, 0.3) is 0 Å². The monoisotopic (exact) mass is 522 g/mol. The van der Waals surface area contributed by atoms with E-state index >= 15 is 0 Å². The van der Waals surface area contributed by atoms with Gasteiger partial charge in [0.1, 0.15) is 5.75 Å². The Hall–Kier alpha value is -1.52. The first-order valence-corrected chi connectivity index (χ1v) is 9.32. The maximum absolute atomic E-state index is 11.8. The fourth-order valence-corrected chi connectivity index (χ4v) is 2.98. The van der Waals surface area contributed by atoms with Gasteiger partial charge in [-0.25, -0.2) is 4.99 Å². The van der Waals surface area contributed by atoms with Crippen molar-refractivity contribution in [3.05, 3.63) is 51.2 Å². The summed E-state index contributed by atoms with van der Waals surface area (Å²) >= 11 is 7.82. The van der Waals surface area contributed by atoms with Crippen LogP contribution in [0.3, 0.4) is 0 Å². The fourth-order valence-electron chi connectivity index (χ4n) is 2.05. The molecule has 9 heteroatoms. The van der Waals surface area contributed by atoms with E-state index in [2.05, 4.69) is 15.6 Å². The van der Waals surface area contributed by atoms with Crippen molar-refractivity contribution < 1.29 is 9.53 Å². The number of amides is 1. The highest BCUT2D eigenvalue weighted by atomic mass is 127. The Balaban J connectivity index is 0.00000364.